The number of aryl methyl sites for hydroxylation is 1. The minimum absolute atomic E-state index is 0.0783. The fraction of sp³-hybridized carbons (Fsp3) is 0.250. The minimum atomic E-state index is -0.300. The Morgan fingerprint density at radius 3 is 2.65 bits per heavy atom. The maximum absolute atomic E-state index is 12.5. The maximum atomic E-state index is 12.5. The molecule has 1 unspecified atom stereocenters. The minimum Gasteiger partial charge on any atom is -0.387 e. The molecule has 26 heavy (non-hydrogen) atoms. The number of nitrogens with zero attached hydrogens (tertiary/aromatic N) is 1. The Bertz CT molecular complexity index is 847. The molecular formula is C20H21N3O3. The molecule has 1 aliphatic rings. The first-order valence-corrected chi connectivity index (χ1v) is 8.56. The second-order valence-electron chi connectivity index (χ2n) is 6.13. The molecule has 1 atom stereocenters. The third-order valence-corrected chi connectivity index (χ3v) is 4.19. The second-order valence-corrected chi connectivity index (χ2v) is 6.13. The van der Waals surface area contributed by atoms with Crippen molar-refractivity contribution in [2.24, 2.45) is 5.16 Å². The van der Waals surface area contributed by atoms with Crippen molar-refractivity contribution in [3.63, 3.8) is 0 Å². The average Bonchev–Trinajstić information content (AvgIpc) is 3.15. The van der Waals surface area contributed by atoms with Gasteiger partial charge in [0.15, 0.2) is 6.10 Å². The molecule has 0 aliphatic carbocycles. The van der Waals surface area contributed by atoms with Gasteiger partial charge in [-0.05, 0) is 30.2 Å². The summed E-state index contributed by atoms with van der Waals surface area (Å²) in [6, 6.07) is 15.1. The van der Waals surface area contributed by atoms with Crippen molar-refractivity contribution >= 4 is 28.9 Å². The summed E-state index contributed by atoms with van der Waals surface area (Å²) >= 11 is 0. The van der Waals surface area contributed by atoms with E-state index in [1.54, 1.807) is 19.1 Å². The summed E-state index contributed by atoms with van der Waals surface area (Å²) in [4.78, 5) is 29.5. The van der Waals surface area contributed by atoms with Crippen LogP contribution in [0.4, 0.5) is 11.4 Å². The molecule has 0 fully saturated rings. The molecule has 0 radical (unpaired) electrons. The van der Waals surface area contributed by atoms with Crippen LogP contribution in [-0.4, -0.2) is 17.5 Å². The van der Waals surface area contributed by atoms with Gasteiger partial charge in [0, 0.05) is 24.2 Å². The zero-order valence-electron chi connectivity index (χ0n) is 14.8. The van der Waals surface area contributed by atoms with E-state index in [1.807, 2.05) is 43.3 Å². The number of oxime groups is 1. The van der Waals surface area contributed by atoms with Crippen LogP contribution in [0.5, 0.6) is 0 Å². The number of hydrogen-bond acceptors (Lipinski definition) is 4. The van der Waals surface area contributed by atoms with Gasteiger partial charge in [0.05, 0.1) is 0 Å². The number of anilines is 2. The van der Waals surface area contributed by atoms with E-state index in [9.17, 15) is 9.59 Å². The average molecular weight is 351 g/mol. The predicted octanol–water partition coefficient (Wildman–Crippen LogP) is 3.80. The summed E-state index contributed by atoms with van der Waals surface area (Å²) in [6.45, 7) is 3.67. The van der Waals surface area contributed by atoms with Crippen LogP contribution in [0.25, 0.3) is 0 Å². The zero-order chi connectivity index (χ0) is 18.5. The standard InChI is InChI=1S/C20H21N3O3/c1-3-19(24)21-15-10-9-13(2)16(11-15)22-20(25)17-12-18(26-23-17)14-7-5-4-6-8-14/h4-11,18H,3,12H2,1-2H3,(H,21,24)(H,22,25). The smallest absolute Gasteiger partial charge is 0.273 e. The van der Waals surface area contributed by atoms with Crippen molar-refractivity contribution in [2.75, 3.05) is 10.6 Å². The Morgan fingerprint density at radius 2 is 1.92 bits per heavy atom. The molecule has 0 saturated heterocycles. The molecule has 6 heteroatoms. The summed E-state index contributed by atoms with van der Waals surface area (Å²) in [5.41, 5.74) is 3.51. The van der Waals surface area contributed by atoms with Crippen LogP contribution in [0.3, 0.4) is 0 Å². The van der Waals surface area contributed by atoms with Gasteiger partial charge < -0.3 is 15.5 Å². The molecule has 0 spiro atoms. The highest BCUT2D eigenvalue weighted by Crippen LogP contribution is 2.28. The summed E-state index contributed by atoms with van der Waals surface area (Å²) < 4.78 is 0. The van der Waals surface area contributed by atoms with E-state index in [2.05, 4.69) is 15.8 Å². The van der Waals surface area contributed by atoms with E-state index in [4.69, 9.17) is 4.84 Å². The van der Waals surface area contributed by atoms with E-state index in [1.165, 1.54) is 0 Å². The SMILES string of the molecule is CCC(=O)Nc1ccc(C)c(NC(=O)C2=NOC(c3ccccc3)C2)c1. The van der Waals surface area contributed by atoms with Gasteiger partial charge in [-0.1, -0.05) is 48.5 Å². The monoisotopic (exact) mass is 351 g/mol. The fourth-order valence-electron chi connectivity index (χ4n) is 2.64. The van der Waals surface area contributed by atoms with Crippen LogP contribution in [0, 0.1) is 6.92 Å². The number of benzene rings is 2. The third-order valence-electron chi connectivity index (χ3n) is 4.19. The Kier molecular flexibility index (Phi) is 5.31. The van der Waals surface area contributed by atoms with E-state index in [-0.39, 0.29) is 17.9 Å². The lowest BCUT2D eigenvalue weighted by Gasteiger charge is -2.11. The molecule has 2 amide bonds. The summed E-state index contributed by atoms with van der Waals surface area (Å²) in [6.07, 6.45) is 0.569. The highest BCUT2D eigenvalue weighted by molar-refractivity contribution is 6.43. The summed E-state index contributed by atoms with van der Waals surface area (Å²) in [5.74, 6) is -0.379. The van der Waals surface area contributed by atoms with E-state index in [0.717, 1.165) is 11.1 Å². The molecule has 2 aromatic rings. The lowest BCUT2D eigenvalue weighted by molar-refractivity contribution is -0.116. The summed E-state index contributed by atoms with van der Waals surface area (Å²) in [5, 5.41) is 9.58. The zero-order valence-corrected chi connectivity index (χ0v) is 14.8. The van der Waals surface area contributed by atoms with Crippen molar-refractivity contribution in [3.8, 4) is 0 Å². The fourth-order valence-corrected chi connectivity index (χ4v) is 2.64. The van der Waals surface area contributed by atoms with Gasteiger partial charge in [0.25, 0.3) is 5.91 Å². The van der Waals surface area contributed by atoms with Gasteiger partial charge in [0.2, 0.25) is 5.91 Å². The van der Waals surface area contributed by atoms with Gasteiger partial charge in [-0.25, -0.2) is 0 Å². The van der Waals surface area contributed by atoms with Gasteiger partial charge >= 0.3 is 0 Å². The predicted molar refractivity (Wildman–Crippen MR) is 101 cm³/mol. The number of hydrogen-bond donors (Lipinski definition) is 2. The van der Waals surface area contributed by atoms with Crippen molar-refractivity contribution < 1.29 is 14.4 Å². The number of amides is 2. The Morgan fingerprint density at radius 1 is 1.15 bits per heavy atom. The van der Waals surface area contributed by atoms with Crippen LogP contribution in [0.1, 0.15) is 37.0 Å². The van der Waals surface area contributed by atoms with Crippen molar-refractivity contribution in [2.45, 2.75) is 32.8 Å². The van der Waals surface area contributed by atoms with Crippen LogP contribution >= 0.6 is 0 Å². The van der Waals surface area contributed by atoms with E-state index >= 15 is 0 Å². The topological polar surface area (TPSA) is 79.8 Å². The lowest BCUT2D eigenvalue weighted by Crippen LogP contribution is -2.22. The number of nitrogens with one attached hydrogen (secondary N) is 2. The van der Waals surface area contributed by atoms with Crippen molar-refractivity contribution in [1.29, 1.82) is 0 Å². The van der Waals surface area contributed by atoms with Gasteiger partial charge in [-0.2, -0.15) is 0 Å². The van der Waals surface area contributed by atoms with Crippen LogP contribution in [0.2, 0.25) is 0 Å². The molecule has 0 bridgehead atoms. The third kappa shape index (κ3) is 4.08. The van der Waals surface area contributed by atoms with Crippen LogP contribution in [0.15, 0.2) is 53.7 Å². The molecule has 134 valence electrons. The molecule has 2 N–H and O–H groups in total. The maximum Gasteiger partial charge on any atom is 0.273 e. The molecule has 1 aliphatic heterocycles. The van der Waals surface area contributed by atoms with Crippen molar-refractivity contribution in [1.82, 2.24) is 0 Å². The Labute approximate surface area is 152 Å². The number of rotatable bonds is 5. The molecular weight excluding hydrogens is 330 g/mol. The largest absolute Gasteiger partial charge is 0.387 e. The quantitative estimate of drug-likeness (QED) is 0.860. The molecule has 6 nitrogen and oxygen atoms in total. The normalized spacial score (nSPS) is 15.8. The van der Waals surface area contributed by atoms with Crippen molar-refractivity contribution in [3.05, 3.63) is 59.7 Å². The first-order valence-electron chi connectivity index (χ1n) is 8.56. The molecule has 0 aromatic heterocycles. The highest BCUT2D eigenvalue weighted by Gasteiger charge is 2.27. The van der Waals surface area contributed by atoms with Gasteiger partial charge in [-0.3, -0.25) is 9.59 Å². The van der Waals surface area contributed by atoms with Crippen LogP contribution < -0.4 is 10.6 Å². The number of carbonyl (C=O) groups is 2. The van der Waals surface area contributed by atoms with Gasteiger partial charge in [0.1, 0.15) is 5.71 Å². The molecule has 1 heterocycles. The number of carbonyl (C=O) groups excluding carboxylic acids is 2. The lowest BCUT2D eigenvalue weighted by atomic mass is 10.0. The van der Waals surface area contributed by atoms with Crippen LogP contribution in [-0.2, 0) is 14.4 Å². The second kappa shape index (κ2) is 7.82. The highest BCUT2D eigenvalue weighted by atomic mass is 16.6. The Balaban J connectivity index is 1.67. The van der Waals surface area contributed by atoms with E-state index < -0.39 is 0 Å². The Hall–Kier alpha value is -3.15. The van der Waals surface area contributed by atoms with E-state index in [0.29, 0.717) is 29.9 Å². The molecule has 0 saturated carbocycles. The van der Waals surface area contributed by atoms with Gasteiger partial charge in [-0.15, -0.1) is 0 Å². The first-order chi connectivity index (χ1) is 12.6. The molecule has 2 aromatic carbocycles. The summed E-state index contributed by atoms with van der Waals surface area (Å²) in [7, 11) is 0. The first kappa shape index (κ1) is 17.7. The molecule has 3 rings (SSSR count).